The van der Waals surface area contributed by atoms with E-state index in [-0.39, 0.29) is 17.3 Å². The SMILES string of the molecule is COc1ccc2c3c1O[C@H]1[C@H](N(CCCCCCc4ccccc4)CC(C)C)CC[C@H]4[C@@H](C2)N(CC(C)=O)CC[C@@]341. The number of unbranched alkanes of at least 4 members (excludes halogenated alkanes) is 3. The molecule has 5 nitrogen and oxygen atoms in total. The van der Waals surface area contributed by atoms with Crippen molar-refractivity contribution in [3.05, 3.63) is 59.2 Å². The summed E-state index contributed by atoms with van der Waals surface area (Å²) in [6.07, 6.45) is 10.9. The minimum absolute atomic E-state index is 0.0310. The number of piperidine rings is 1. The van der Waals surface area contributed by atoms with Crippen LogP contribution in [0.5, 0.6) is 11.5 Å². The number of ketones is 1. The molecule has 2 heterocycles. The summed E-state index contributed by atoms with van der Waals surface area (Å²) < 4.78 is 13.0. The van der Waals surface area contributed by atoms with E-state index in [4.69, 9.17) is 9.47 Å². The van der Waals surface area contributed by atoms with Crippen LogP contribution in [-0.4, -0.2) is 67.1 Å². The number of nitrogens with zero attached hydrogens (tertiary/aromatic N) is 2. The zero-order valence-corrected chi connectivity index (χ0v) is 25.7. The molecule has 2 aromatic carbocycles. The summed E-state index contributed by atoms with van der Waals surface area (Å²) in [4.78, 5) is 17.5. The summed E-state index contributed by atoms with van der Waals surface area (Å²) in [7, 11) is 1.78. The Balaban J connectivity index is 1.22. The van der Waals surface area contributed by atoms with Gasteiger partial charge in [0.05, 0.1) is 13.7 Å². The molecule has 0 unspecified atom stereocenters. The molecule has 2 bridgehead atoms. The smallest absolute Gasteiger partial charge is 0.165 e. The predicted molar refractivity (Wildman–Crippen MR) is 165 cm³/mol. The van der Waals surface area contributed by atoms with Gasteiger partial charge in [-0.05, 0) is 94.0 Å². The van der Waals surface area contributed by atoms with Crippen molar-refractivity contribution < 1.29 is 14.3 Å². The zero-order valence-electron chi connectivity index (χ0n) is 25.7. The number of Topliss-reactive ketones (excluding diaryl/α,β-unsaturated/α-hetero) is 1. The summed E-state index contributed by atoms with van der Waals surface area (Å²) in [5.74, 6) is 3.35. The highest BCUT2D eigenvalue weighted by atomic mass is 16.5. The maximum absolute atomic E-state index is 12.2. The molecule has 0 aromatic heterocycles. The highest BCUT2D eigenvalue weighted by Gasteiger charge is 2.66. The zero-order chi connectivity index (χ0) is 28.6. The Morgan fingerprint density at radius 3 is 2.66 bits per heavy atom. The van der Waals surface area contributed by atoms with E-state index in [1.54, 1.807) is 14.0 Å². The number of hydrogen-bond acceptors (Lipinski definition) is 5. The van der Waals surface area contributed by atoms with Crippen molar-refractivity contribution in [2.45, 2.75) is 102 Å². The molecule has 0 amide bonds. The van der Waals surface area contributed by atoms with Crippen LogP contribution in [0.3, 0.4) is 0 Å². The number of methoxy groups -OCH3 is 1. The molecule has 2 aromatic rings. The molecule has 4 aliphatic rings. The molecule has 222 valence electrons. The molecule has 1 saturated carbocycles. The van der Waals surface area contributed by atoms with Gasteiger partial charge in [-0.25, -0.2) is 0 Å². The lowest BCUT2D eigenvalue weighted by molar-refractivity contribution is -0.123. The van der Waals surface area contributed by atoms with Crippen LogP contribution in [-0.2, 0) is 23.1 Å². The third-order valence-electron chi connectivity index (χ3n) is 10.6. The molecule has 5 heteroatoms. The fourth-order valence-corrected chi connectivity index (χ4v) is 9.11. The van der Waals surface area contributed by atoms with E-state index in [1.807, 2.05) is 0 Å². The molecule has 1 saturated heterocycles. The second-order valence-corrected chi connectivity index (χ2v) is 13.7. The average molecular weight is 559 g/mol. The monoisotopic (exact) mass is 558 g/mol. The van der Waals surface area contributed by atoms with Crippen LogP contribution in [0, 0.1) is 11.8 Å². The van der Waals surface area contributed by atoms with Gasteiger partial charge in [-0.15, -0.1) is 0 Å². The van der Waals surface area contributed by atoms with Gasteiger partial charge in [-0.1, -0.05) is 63.1 Å². The van der Waals surface area contributed by atoms with Crippen LogP contribution >= 0.6 is 0 Å². The van der Waals surface area contributed by atoms with Crippen molar-refractivity contribution in [1.29, 1.82) is 0 Å². The lowest BCUT2D eigenvalue weighted by atomic mass is 9.51. The molecule has 2 aliphatic carbocycles. The molecular formula is C36H50N2O3. The van der Waals surface area contributed by atoms with Gasteiger partial charge in [-0.3, -0.25) is 14.6 Å². The van der Waals surface area contributed by atoms with Crippen molar-refractivity contribution in [1.82, 2.24) is 9.80 Å². The molecule has 6 rings (SSSR count). The lowest BCUT2D eigenvalue weighted by Gasteiger charge is -2.60. The fraction of sp³-hybridized carbons (Fsp3) is 0.639. The predicted octanol–water partition coefficient (Wildman–Crippen LogP) is 6.45. The van der Waals surface area contributed by atoms with E-state index < -0.39 is 0 Å². The number of benzene rings is 2. The average Bonchev–Trinajstić information content (AvgIpc) is 3.30. The van der Waals surface area contributed by atoms with Crippen molar-refractivity contribution in [2.75, 3.05) is 33.3 Å². The normalized spacial score (nSPS) is 28.0. The summed E-state index contributed by atoms with van der Waals surface area (Å²) in [5.41, 5.74) is 4.37. The standard InChI is InChI=1S/C36H50N2O3/c1-25(2)23-37(20-11-6-5-8-12-27-13-9-7-10-14-27)30-17-16-29-31-22-28-15-18-32(40-4)34-33(28)36(29,35(30)41-34)19-21-38(31)24-26(3)39/h7,9-10,13-15,18,25,29-31,35H,5-6,8,11-12,16-17,19-24H2,1-4H3/t29-,30+,31+,35-,36-/m0/s1. The van der Waals surface area contributed by atoms with E-state index in [2.05, 4.69) is 66.1 Å². The highest BCUT2D eigenvalue weighted by Crippen LogP contribution is 2.64. The fourth-order valence-electron chi connectivity index (χ4n) is 9.11. The van der Waals surface area contributed by atoms with Crippen LogP contribution in [0.4, 0.5) is 0 Å². The number of ether oxygens (including phenoxy) is 2. The van der Waals surface area contributed by atoms with Gasteiger partial charge in [0.15, 0.2) is 11.5 Å². The minimum Gasteiger partial charge on any atom is -0.493 e. The number of likely N-dealkylation sites (tertiary alicyclic amines) is 1. The van der Waals surface area contributed by atoms with E-state index >= 15 is 0 Å². The molecule has 0 radical (unpaired) electrons. The van der Waals surface area contributed by atoms with Crippen LogP contribution in [0.1, 0.15) is 82.4 Å². The minimum atomic E-state index is 0.0310. The van der Waals surface area contributed by atoms with E-state index in [0.29, 0.717) is 30.5 Å². The van der Waals surface area contributed by atoms with Crippen molar-refractivity contribution in [3.8, 4) is 11.5 Å². The van der Waals surface area contributed by atoms with Crippen LogP contribution in [0.25, 0.3) is 0 Å². The Kier molecular flexibility index (Phi) is 8.47. The van der Waals surface area contributed by atoms with Gasteiger partial charge in [-0.2, -0.15) is 0 Å². The molecule has 0 N–H and O–H groups in total. The van der Waals surface area contributed by atoms with E-state index in [0.717, 1.165) is 44.0 Å². The third kappa shape index (κ3) is 5.33. The lowest BCUT2D eigenvalue weighted by Crippen LogP contribution is -2.69. The summed E-state index contributed by atoms with van der Waals surface area (Å²) in [5, 5.41) is 0. The second kappa shape index (κ2) is 12.1. The van der Waals surface area contributed by atoms with Crippen LogP contribution in [0.2, 0.25) is 0 Å². The Hall–Kier alpha value is -2.37. The highest BCUT2D eigenvalue weighted by molar-refractivity contribution is 5.77. The van der Waals surface area contributed by atoms with Crippen molar-refractivity contribution in [2.24, 2.45) is 11.8 Å². The van der Waals surface area contributed by atoms with Crippen LogP contribution < -0.4 is 9.47 Å². The van der Waals surface area contributed by atoms with Gasteiger partial charge in [0.25, 0.3) is 0 Å². The Labute approximate surface area is 247 Å². The summed E-state index contributed by atoms with van der Waals surface area (Å²) in [6.45, 7) is 10.3. The number of rotatable bonds is 13. The number of carbonyl (C=O) groups is 1. The van der Waals surface area contributed by atoms with Gasteiger partial charge < -0.3 is 9.47 Å². The van der Waals surface area contributed by atoms with Gasteiger partial charge in [0.1, 0.15) is 11.9 Å². The summed E-state index contributed by atoms with van der Waals surface area (Å²) in [6, 6.07) is 16.2. The maximum Gasteiger partial charge on any atom is 0.165 e. The Bertz CT molecular complexity index is 1210. The number of carbonyl (C=O) groups excluding carboxylic acids is 1. The number of aryl methyl sites for hydroxylation is 1. The quantitative estimate of drug-likeness (QED) is 0.264. The van der Waals surface area contributed by atoms with Crippen molar-refractivity contribution >= 4 is 5.78 Å². The topological polar surface area (TPSA) is 42.0 Å². The van der Waals surface area contributed by atoms with Gasteiger partial charge in [0, 0.05) is 29.6 Å². The second-order valence-electron chi connectivity index (χ2n) is 13.7. The molecule has 2 fully saturated rings. The van der Waals surface area contributed by atoms with Gasteiger partial charge >= 0.3 is 0 Å². The first kappa shape index (κ1) is 28.7. The first-order chi connectivity index (χ1) is 19.9. The molecule has 1 spiro atoms. The van der Waals surface area contributed by atoms with Crippen LogP contribution in [0.15, 0.2) is 42.5 Å². The molecular weight excluding hydrogens is 508 g/mol. The first-order valence-electron chi connectivity index (χ1n) is 16.3. The summed E-state index contributed by atoms with van der Waals surface area (Å²) >= 11 is 0. The molecule has 41 heavy (non-hydrogen) atoms. The van der Waals surface area contributed by atoms with Crippen molar-refractivity contribution in [3.63, 3.8) is 0 Å². The number of hydrogen-bond donors (Lipinski definition) is 0. The Morgan fingerprint density at radius 1 is 1.10 bits per heavy atom. The maximum atomic E-state index is 12.2. The molecule has 5 atom stereocenters. The van der Waals surface area contributed by atoms with E-state index in [1.165, 1.54) is 61.6 Å². The largest absolute Gasteiger partial charge is 0.493 e. The van der Waals surface area contributed by atoms with Gasteiger partial charge in [0.2, 0.25) is 0 Å². The van der Waals surface area contributed by atoms with E-state index in [9.17, 15) is 4.79 Å². The first-order valence-corrected chi connectivity index (χ1v) is 16.3. The Morgan fingerprint density at radius 2 is 1.90 bits per heavy atom. The third-order valence-corrected chi connectivity index (χ3v) is 10.6. The molecule has 2 aliphatic heterocycles.